The molecule has 6 heteroatoms. The summed E-state index contributed by atoms with van der Waals surface area (Å²) >= 11 is 0. The van der Waals surface area contributed by atoms with Crippen LogP contribution in [-0.4, -0.2) is 36.2 Å². The molecule has 0 spiro atoms. The summed E-state index contributed by atoms with van der Waals surface area (Å²) in [4.78, 5) is 0. The maximum Gasteiger partial charge on any atom is 0.264 e. The SMILES string of the molecule is C[C@@H](CO[Si](C)(C)C(C)(C)C)COS(C)(=O)=O. The third kappa shape index (κ3) is 7.18. The summed E-state index contributed by atoms with van der Waals surface area (Å²) in [7, 11) is -5.09. The van der Waals surface area contributed by atoms with Crippen LogP contribution in [0.2, 0.25) is 18.1 Å². The summed E-state index contributed by atoms with van der Waals surface area (Å²) in [5.74, 6) is 0.0823. The first kappa shape index (κ1) is 17.1. The zero-order valence-electron chi connectivity index (χ0n) is 12.0. The van der Waals surface area contributed by atoms with Gasteiger partial charge in [0, 0.05) is 12.5 Å². The highest BCUT2D eigenvalue weighted by atomic mass is 32.2. The van der Waals surface area contributed by atoms with Gasteiger partial charge in [-0.15, -0.1) is 0 Å². The van der Waals surface area contributed by atoms with Crippen LogP contribution >= 0.6 is 0 Å². The molecule has 0 unspecified atom stereocenters. The lowest BCUT2D eigenvalue weighted by Gasteiger charge is -2.36. The molecule has 0 amide bonds. The van der Waals surface area contributed by atoms with Crippen LogP contribution in [0.1, 0.15) is 27.7 Å². The number of hydrogen-bond acceptors (Lipinski definition) is 4. The van der Waals surface area contributed by atoms with Gasteiger partial charge < -0.3 is 4.43 Å². The van der Waals surface area contributed by atoms with E-state index >= 15 is 0 Å². The summed E-state index contributed by atoms with van der Waals surface area (Å²) in [5.41, 5.74) is 0. The molecule has 0 saturated heterocycles. The van der Waals surface area contributed by atoms with Crippen molar-refractivity contribution in [3.05, 3.63) is 0 Å². The van der Waals surface area contributed by atoms with Crippen LogP contribution in [0.3, 0.4) is 0 Å². The lowest BCUT2D eigenvalue weighted by atomic mass is 10.2. The van der Waals surface area contributed by atoms with Gasteiger partial charge in [-0.2, -0.15) is 8.42 Å². The molecule has 0 aromatic carbocycles. The lowest BCUT2D eigenvalue weighted by molar-refractivity contribution is 0.181. The third-order valence-electron chi connectivity index (χ3n) is 3.10. The average Bonchev–Trinajstić information content (AvgIpc) is 2.08. The second-order valence-corrected chi connectivity index (χ2v) is 12.6. The van der Waals surface area contributed by atoms with Crippen molar-refractivity contribution in [2.75, 3.05) is 19.5 Å². The van der Waals surface area contributed by atoms with Gasteiger partial charge in [0.2, 0.25) is 0 Å². The molecule has 1 atom stereocenters. The molecule has 0 bridgehead atoms. The molecule has 0 heterocycles. The van der Waals surface area contributed by atoms with Crippen molar-refractivity contribution >= 4 is 18.4 Å². The van der Waals surface area contributed by atoms with Crippen LogP contribution in [-0.2, 0) is 18.7 Å². The zero-order valence-corrected chi connectivity index (χ0v) is 13.8. The van der Waals surface area contributed by atoms with Crippen molar-refractivity contribution in [1.29, 1.82) is 0 Å². The average molecular weight is 282 g/mol. The summed E-state index contributed by atoms with van der Waals surface area (Å²) in [6, 6.07) is 0. The molecule has 0 saturated carbocycles. The molecule has 104 valence electrons. The van der Waals surface area contributed by atoms with Crippen LogP contribution in [0, 0.1) is 5.92 Å². The predicted molar refractivity (Wildman–Crippen MR) is 73.1 cm³/mol. The predicted octanol–water partition coefficient (Wildman–Crippen LogP) is 2.62. The van der Waals surface area contributed by atoms with Gasteiger partial charge >= 0.3 is 0 Å². The smallest absolute Gasteiger partial charge is 0.264 e. The summed E-state index contributed by atoms with van der Waals surface area (Å²) in [6.45, 7) is 13.6. The molecular weight excluding hydrogens is 256 g/mol. The Bertz CT molecular complexity index is 330. The van der Waals surface area contributed by atoms with Gasteiger partial charge in [0.15, 0.2) is 8.32 Å². The number of rotatable bonds is 6. The van der Waals surface area contributed by atoms with Crippen molar-refractivity contribution in [2.45, 2.75) is 45.8 Å². The topological polar surface area (TPSA) is 52.6 Å². The van der Waals surface area contributed by atoms with Crippen molar-refractivity contribution in [3.8, 4) is 0 Å². The first-order valence-corrected chi connectivity index (χ1v) is 10.6. The van der Waals surface area contributed by atoms with Crippen LogP contribution in [0.5, 0.6) is 0 Å². The fourth-order valence-corrected chi connectivity index (χ4v) is 2.47. The first-order chi connectivity index (χ1) is 7.35. The highest BCUT2D eigenvalue weighted by molar-refractivity contribution is 7.85. The quantitative estimate of drug-likeness (QED) is 0.555. The Labute approximate surface area is 107 Å². The molecule has 4 nitrogen and oxygen atoms in total. The Morgan fingerprint density at radius 2 is 1.65 bits per heavy atom. The zero-order chi connectivity index (χ0) is 13.9. The van der Waals surface area contributed by atoms with Crippen molar-refractivity contribution in [2.24, 2.45) is 5.92 Å². The molecule has 17 heavy (non-hydrogen) atoms. The maximum absolute atomic E-state index is 10.8. The molecule has 0 aliphatic carbocycles. The van der Waals surface area contributed by atoms with E-state index in [9.17, 15) is 8.42 Å². The van der Waals surface area contributed by atoms with E-state index in [4.69, 9.17) is 8.61 Å². The highest BCUT2D eigenvalue weighted by Crippen LogP contribution is 2.36. The Balaban J connectivity index is 4.13. The molecule has 0 fully saturated rings. The fourth-order valence-electron chi connectivity index (χ4n) is 0.855. The van der Waals surface area contributed by atoms with E-state index in [0.717, 1.165) is 6.26 Å². The Hall–Kier alpha value is 0.0869. The Morgan fingerprint density at radius 3 is 2.00 bits per heavy atom. The van der Waals surface area contributed by atoms with E-state index in [1.54, 1.807) is 0 Å². The largest absolute Gasteiger partial charge is 0.416 e. The van der Waals surface area contributed by atoms with Gasteiger partial charge in [-0.05, 0) is 18.1 Å². The van der Waals surface area contributed by atoms with Crippen molar-refractivity contribution in [3.63, 3.8) is 0 Å². The number of hydrogen-bond donors (Lipinski definition) is 0. The fraction of sp³-hybridized carbons (Fsp3) is 1.00. The van der Waals surface area contributed by atoms with Gasteiger partial charge in [0.25, 0.3) is 10.1 Å². The summed E-state index contributed by atoms with van der Waals surface area (Å²) in [5, 5.41) is 0.171. The lowest BCUT2D eigenvalue weighted by Crippen LogP contribution is -2.42. The molecule has 0 aromatic rings. The normalized spacial score (nSPS) is 15.9. The van der Waals surface area contributed by atoms with Gasteiger partial charge in [0.1, 0.15) is 0 Å². The van der Waals surface area contributed by atoms with E-state index in [2.05, 4.69) is 33.9 Å². The van der Waals surface area contributed by atoms with Crippen molar-refractivity contribution < 1.29 is 17.0 Å². The van der Waals surface area contributed by atoms with E-state index in [1.165, 1.54) is 0 Å². The minimum absolute atomic E-state index is 0.0823. The minimum atomic E-state index is -3.35. The van der Waals surface area contributed by atoms with E-state index < -0.39 is 18.4 Å². The van der Waals surface area contributed by atoms with Gasteiger partial charge in [-0.3, -0.25) is 4.18 Å². The summed E-state index contributed by atoms with van der Waals surface area (Å²) in [6.07, 6.45) is 1.06. The van der Waals surface area contributed by atoms with Crippen LogP contribution < -0.4 is 0 Å². The molecule has 0 aliphatic heterocycles. The standard InChI is InChI=1S/C11H26O4SSi/c1-10(8-14-16(5,12)13)9-15-17(6,7)11(2,3)4/h10H,8-9H2,1-7H3/t10-/m1/s1. The molecule has 0 radical (unpaired) electrons. The van der Waals surface area contributed by atoms with Crippen molar-refractivity contribution in [1.82, 2.24) is 0 Å². The van der Waals surface area contributed by atoms with Crippen LogP contribution in [0.4, 0.5) is 0 Å². The third-order valence-corrected chi connectivity index (χ3v) is 8.17. The molecule has 0 N–H and O–H groups in total. The van der Waals surface area contributed by atoms with Gasteiger partial charge in [0.05, 0.1) is 12.9 Å². The van der Waals surface area contributed by atoms with E-state index in [-0.39, 0.29) is 17.6 Å². The monoisotopic (exact) mass is 282 g/mol. The van der Waals surface area contributed by atoms with E-state index in [1.807, 2.05) is 6.92 Å². The Morgan fingerprint density at radius 1 is 1.18 bits per heavy atom. The molecule has 0 rings (SSSR count). The summed E-state index contributed by atoms with van der Waals surface area (Å²) < 4.78 is 32.4. The molecular formula is C11H26O4SSi. The second-order valence-electron chi connectivity index (χ2n) is 6.17. The minimum Gasteiger partial charge on any atom is -0.416 e. The second kappa shape index (κ2) is 5.82. The highest BCUT2D eigenvalue weighted by Gasteiger charge is 2.37. The maximum atomic E-state index is 10.8. The molecule has 0 aliphatic rings. The van der Waals surface area contributed by atoms with Gasteiger partial charge in [-0.1, -0.05) is 27.7 Å². The van der Waals surface area contributed by atoms with Crippen LogP contribution in [0.25, 0.3) is 0 Å². The van der Waals surface area contributed by atoms with Crippen LogP contribution in [0.15, 0.2) is 0 Å². The van der Waals surface area contributed by atoms with Gasteiger partial charge in [-0.25, -0.2) is 0 Å². The molecule has 0 aromatic heterocycles. The Kier molecular flexibility index (Phi) is 5.85. The first-order valence-electron chi connectivity index (χ1n) is 5.83. The van der Waals surface area contributed by atoms with E-state index in [0.29, 0.717) is 6.61 Å².